The first kappa shape index (κ1) is 13.0. The van der Waals surface area contributed by atoms with Crippen LogP contribution in [0.4, 0.5) is 5.69 Å². The fourth-order valence-corrected chi connectivity index (χ4v) is 3.15. The lowest BCUT2D eigenvalue weighted by Gasteiger charge is -2.38. The Kier molecular flexibility index (Phi) is 3.34. The van der Waals surface area contributed by atoms with Crippen LogP contribution < -0.4 is 4.90 Å². The van der Waals surface area contributed by atoms with Crippen molar-refractivity contribution in [1.82, 2.24) is 0 Å². The third-order valence-corrected chi connectivity index (χ3v) is 4.38. The minimum atomic E-state index is 0.0791. The molecule has 0 spiro atoms. The fourth-order valence-electron chi connectivity index (χ4n) is 3.15. The van der Waals surface area contributed by atoms with E-state index in [1.54, 1.807) is 0 Å². The highest BCUT2D eigenvalue weighted by atomic mass is 15.2. The van der Waals surface area contributed by atoms with Crippen molar-refractivity contribution in [3.05, 3.63) is 29.3 Å². The number of anilines is 1. The lowest BCUT2D eigenvalue weighted by Crippen LogP contribution is -2.42. The monoisotopic (exact) mass is 242 g/mol. The molecule has 0 aromatic heterocycles. The molecule has 2 heteroatoms. The Balaban J connectivity index is 2.32. The average Bonchev–Trinajstić information content (AvgIpc) is 2.56. The van der Waals surface area contributed by atoms with Crippen LogP contribution in [0.5, 0.6) is 0 Å². The number of hydrogen-bond donors (Lipinski definition) is 0. The summed E-state index contributed by atoms with van der Waals surface area (Å²) < 4.78 is 0. The SMILES string of the molecule is Cc1ccc(N2CCC(CC#N)C2(C)C)c(C)c1. The molecule has 1 saturated heterocycles. The van der Waals surface area contributed by atoms with Gasteiger partial charge >= 0.3 is 0 Å². The largest absolute Gasteiger partial charge is 0.366 e. The molecule has 1 aliphatic rings. The van der Waals surface area contributed by atoms with Gasteiger partial charge < -0.3 is 4.90 Å². The lowest BCUT2D eigenvalue weighted by atomic mass is 9.86. The molecular formula is C16H22N2. The maximum absolute atomic E-state index is 8.94. The third kappa shape index (κ3) is 2.10. The topological polar surface area (TPSA) is 27.0 Å². The third-order valence-electron chi connectivity index (χ3n) is 4.38. The molecule has 0 aliphatic carbocycles. The highest BCUT2D eigenvalue weighted by molar-refractivity contribution is 5.57. The van der Waals surface area contributed by atoms with Crippen LogP contribution in [0, 0.1) is 31.1 Å². The van der Waals surface area contributed by atoms with Crippen LogP contribution in [0.2, 0.25) is 0 Å². The van der Waals surface area contributed by atoms with Crippen molar-refractivity contribution in [2.24, 2.45) is 5.92 Å². The summed E-state index contributed by atoms with van der Waals surface area (Å²) in [7, 11) is 0. The molecule has 2 nitrogen and oxygen atoms in total. The predicted octanol–water partition coefficient (Wildman–Crippen LogP) is 3.82. The minimum Gasteiger partial charge on any atom is -0.366 e. The lowest BCUT2D eigenvalue weighted by molar-refractivity contribution is 0.371. The molecule has 0 saturated carbocycles. The van der Waals surface area contributed by atoms with Crippen LogP contribution in [0.3, 0.4) is 0 Å². The van der Waals surface area contributed by atoms with E-state index in [2.05, 4.69) is 56.9 Å². The first-order valence-corrected chi connectivity index (χ1v) is 6.68. The quantitative estimate of drug-likeness (QED) is 0.788. The van der Waals surface area contributed by atoms with E-state index in [-0.39, 0.29) is 5.54 Å². The van der Waals surface area contributed by atoms with Crippen molar-refractivity contribution < 1.29 is 0 Å². The van der Waals surface area contributed by atoms with Crippen LogP contribution in [-0.4, -0.2) is 12.1 Å². The van der Waals surface area contributed by atoms with Gasteiger partial charge in [-0.15, -0.1) is 0 Å². The van der Waals surface area contributed by atoms with E-state index >= 15 is 0 Å². The number of nitriles is 1. The molecular weight excluding hydrogens is 220 g/mol. The van der Waals surface area contributed by atoms with Gasteiger partial charge in [-0.1, -0.05) is 17.7 Å². The fraction of sp³-hybridized carbons (Fsp3) is 0.562. The minimum absolute atomic E-state index is 0.0791. The van der Waals surface area contributed by atoms with E-state index in [0.29, 0.717) is 12.3 Å². The maximum Gasteiger partial charge on any atom is 0.0625 e. The van der Waals surface area contributed by atoms with Gasteiger partial charge in [0.25, 0.3) is 0 Å². The first-order valence-electron chi connectivity index (χ1n) is 6.68. The Morgan fingerprint density at radius 3 is 2.72 bits per heavy atom. The van der Waals surface area contributed by atoms with Gasteiger partial charge in [0.1, 0.15) is 0 Å². The molecule has 1 aromatic rings. The van der Waals surface area contributed by atoms with E-state index in [1.165, 1.54) is 16.8 Å². The Morgan fingerprint density at radius 2 is 2.11 bits per heavy atom. The summed E-state index contributed by atoms with van der Waals surface area (Å²) >= 11 is 0. The number of benzene rings is 1. The number of rotatable bonds is 2. The van der Waals surface area contributed by atoms with Crippen molar-refractivity contribution in [3.8, 4) is 6.07 Å². The number of nitrogens with zero attached hydrogens (tertiary/aromatic N) is 2. The van der Waals surface area contributed by atoms with Gasteiger partial charge in [-0.25, -0.2) is 0 Å². The summed E-state index contributed by atoms with van der Waals surface area (Å²) in [6.45, 7) is 9.90. The highest BCUT2D eigenvalue weighted by Gasteiger charge is 2.41. The summed E-state index contributed by atoms with van der Waals surface area (Å²) in [5.41, 5.74) is 4.05. The van der Waals surface area contributed by atoms with Gasteiger partial charge in [-0.2, -0.15) is 5.26 Å². The Labute approximate surface area is 110 Å². The maximum atomic E-state index is 8.94. The van der Waals surface area contributed by atoms with Gasteiger partial charge in [0.2, 0.25) is 0 Å². The molecule has 96 valence electrons. The van der Waals surface area contributed by atoms with Gasteiger partial charge in [0, 0.05) is 24.2 Å². The summed E-state index contributed by atoms with van der Waals surface area (Å²) in [6, 6.07) is 8.97. The smallest absolute Gasteiger partial charge is 0.0625 e. The van der Waals surface area contributed by atoms with Crippen molar-refractivity contribution >= 4 is 5.69 Å². The van der Waals surface area contributed by atoms with Crippen molar-refractivity contribution in [1.29, 1.82) is 5.26 Å². The second-order valence-corrected chi connectivity index (χ2v) is 5.94. The molecule has 1 unspecified atom stereocenters. The number of aryl methyl sites for hydroxylation is 2. The summed E-state index contributed by atoms with van der Waals surface area (Å²) in [5, 5.41) is 8.94. The van der Waals surface area contributed by atoms with Gasteiger partial charge in [-0.3, -0.25) is 0 Å². The van der Waals surface area contributed by atoms with Gasteiger partial charge in [0.05, 0.1) is 6.07 Å². The molecule has 1 aliphatic heterocycles. The van der Waals surface area contributed by atoms with Crippen LogP contribution in [0.25, 0.3) is 0 Å². The molecule has 0 amide bonds. The van der Waals surface area contributed by atoms with Crippen molar-refractivity contribution in [2.75, 3.05) is 11.4 Å². The normalized spacial score (nSPS) is 21.9. The van der Waals surface area contributed by atoms with E-state index in [4.69, 9.17) is 5.26 Å². The summed E-state index contributed by atoms with van der Waals surface area (Å²) in [4.78, 5) is 2.48. The van der Waals surface area contributed by atoms with Crippen LogP contribution in [0.1, 0.15) is 37.8 Å². The molecule has 1 fully saturated rings. The predicted molar refractivity (Wildman–Crippen MR) is 75.7 cm³/mol. The zero-order valence-corrected chi connectivity index (χ0v) is 11.8. The van der Waals surface area contributed by atoms with Crippen LogP contribution >= 0.6 is 0 Å². The highest BCUT2D eigenvalue weighted by Crippen LogP contribution is 2.40. The second-order valence-electron chi connectivity index (χ2n) is 5.94. The average molecular weight is 242 g/mol. The van der Waals surface area contributed by atoms with E-state index in [0.717, 1.165) is 13.0 Å². The standard InChI is InChI=1S/C16H22N2/c1-12-5-6-15(13(2)11-12)18-10-8-14(7-9-17)16(18,3)4/h5-6,11,14H,7-8,10H2,1-4H3. The van der Waals surface area contributed by atoms with E-state index in [9.17, 15) is 0 Å². The van der Waals surface area contributed by atoms with E-state index in [1.807, 2.05) is 0 Å². The summed E-state index contributed by atoms with van der Waals surface area (Å²) in [5.74, 6) is 0.475. The van der Waals surface area contributed by atoms with E-state index < -0.39 is 0 Å². The molecule has 18 heavy (non-hydrogen) atoms. The zero-order valence-electron chi connectivity index (χ0n) is 11.8. The number of hydrogen-bond acceptors (Lipinski definition) is 2. The molecule has 0 N–H and O–H groups in total. The van der Waals surface area contributed by atoms with Crippen molar-refractivity contribution in [2.45, 2.75) is 46.1 Å². The second kappa shape index (κ2) is 4.65. The Hall–Kier alpha value is -1.49. The summed E-state index contributed by atoms with van der Waals surface area (Å²) in [6.07, 6.45) is 1.78. The molecule has 1 aromatic carbocycles. The van der Waals surface area contributed by atoms with Crippen LogP contribution in [-0.2, 0) is 0 Å². The first-order chi connectivity index (χ1) is 8.46. The van der Waals surface area contributed by atoms with Gasteiger partial charge in [0.15, 0.2) is 0 Å². The molecule has 0 bridgehead atoms. The van der Waals surface area contributed by atoms with Crippen LogP contribution in [0.15, 0.2) is 18.2 Å². The van der Waals surface area contributed by atoms with Gasteiger partial charge in [-0.05, 0) is 51.7 Å². The molecule has 2 rings (SSSR count). The molecule has 1 heterocycles. The molecule has 0 radical (unpaired) electrons. The Morgan fingerprint density at radius 1 is 1.39 bits per heavy atom. The zero-order chi connectivity index (χ0) is 13.3. The van der Waals surface area contributed by atoms with Crippen molar-refractivity contribution in [3.63, 3.8) is 0 Å². The molecule has 1 atom stereocenters. The Bertz CT molecular complexity index is 482.